The van der Waals surface area contributed by atoms with E-state index in [2.05, 4.69) is 10.3 Å². The highest BCUT2D eigenvalue weighted by atomic mass is 19.2. The van der Waals surface area contributed by atoms with Crippen molar-refractivity contribution in [1.29, 1.82) is 0 Å². The number of nitrogens with zero attached hydrogens (tertiary/aromatic N) is 3. The van der Waals surface area contributed by atoms with Crippen molar-refractivity contribution in [2.45, 2.75) is 13.0 Å². The lowest BCUT2D eigenvalue weighted by Crippen LogP contribution is -2.05. The van der Waals surface area contributed by atoms with Gasteiger partial charge >= 0.3 is 0 Å². The molecule has 0 saturated heterocycles. The number of nitrogens with two attached hydrogens (primary N) is 1. The van der Waals surface area contributed by atoms with Crippen LogP contribution in [0.4, 0.5) is 13.2 Å². The van der Waals surface area contributed by atoms with Crippen molar-refractivity contribution in [2.75, 3.05) is 0 Å². The van der Waals surface area contributed by atoms with E-state index in [0.29, 0.717) is 17.8 Å². The predicted octanol–water partition coefficient (Wildman–Crippen LogP) is 1.70. The van der Waals surface area contributed by atoms with Crippen LogP contribution in [0, 0.1) is 17.5 Å². The van der Waals surface area contributed by atoms with Gasteiger partial charge in [0.15, 0.2) is 17.5 Å². The van der Waals surface area contributed by atoms with Crippen molar-refractivity contribution in [3.05, 3.63) is 41.5 Å². The van der Waals surface area contributed by atoms with E-state index in [1.807, 2.05) is 0 Å². The Labute approximate surface area is 94.9 Å². The molecule has 0 radical (unpaired) electrons. The number of halogens is 3. The summed E-state index contributed by atoms with van der Waals surface area (Å²) in [6.07, 6.45) is 1.36. The van der Waals surface area contributed by atoms with Crippen LogP contribution in [0.15, 0.2) is 18.3 Å². The third kappa shape index (κ3) is 2.14. The van der Waals surface area contributed by atoms with E-state index in [1.165, 1.54) is 6.20 Å². The van der Waals surface area contributed by atoms with E-state index in [9.17, 15) is 13.2 Å². The number of hydrogen-bond acceptors (Lipinski definition) is 3. The van der Waals surface area contributed by atoms with Crippen LogP contribution < -0.4 is 5.73 Å². The molecule has 1 atom stereocenters. The summed E-state index contributed by atoms with van der Waals surface area (Å²) in [5.41, 5.74) is 5.76. The number of benzene rings is 1. The van der Waals surface area contributed by atoms with Crippen LogP contribution >= 0.6 is 0 Å². The predicted molar refractivity (Wildman–Crippen MR) is 53.8 cm³/mol. The summed E-state index contributed by atoms with van der Waals surface area (Å²) < 4.78 is 40.1. The van der Waals surface area contributed by atoms with Gasteiger partial charge in [0.25, 0.3) is 0 Å². The molecule has 2 N–H and O–H groups in total. The zero-order chi connectivity index (χ0) is 12.6. The van der Waals surface area contributed by atoms with Crippen molar-refractivity contribution in [3.8, 4) is 5.69 Å². The fourth-order valence-electron chi connectivity index (χ4n) is 1.29. The Bertz CT molecular complexity index is 550. The van der Waals surface area contributed by atoms with Gasteiger partial charge in [-0.15, -0.1) is 5.10 Å². The first kappa shape index (κ1) is 11.6. The van der Waals surface area contributed by atoms with Gasteiger partial charge in [0.2, 0.25) is 0 Å². The highest BCUT2D eigenvalue weighted by Gasteiger charge is 2.14. The van der Waals surface area contributed by atoms with Crippen LogP contribution in [0.25, 0.3) is 5.69 Å². The van der Waals surface area contributed by atoms with Crippen LogP contribution in [0.3, 0.4) is 0 Å². The third-order valence-electron chi connectivity index (χ3n) is 2.21. The third-order valence-corrected chi connectivity index (χ3v) is 2.21. The summed E-state index contributed by atoms with van der Waals surface area (Å²) >= 11 is 0. The second-order valence-corrected chi connectivity index (χ2v) is 3.59. The maximum atomic E-state index is 13.4. The fourth-order valence-corrected chi connectivity index (χ4v) is 1.29. The lowest BCUT2D eigenvalue weighted by atomic mass is 10.2. The molecule has 0 amide bonds. The van der Waals surface area contributed by atoms with Crippen LogP contribution in [0.1, 0.15) is 18.7 Å². The Kier molecular flexibility index (Phi) is 2.84. The average molecular weight is 242 g/mol. The summed E-state index contributed by atoms with van der Waals surface area (Å²) in [5.74, 6) is -3.33. The van der Waals surface area contributed by atoms with Gasteiger partial charge < -0.3 is 5.73 Å². The molecule has 4 nitrogen and oxygen atoms in total. The quantitative estimate of drug-likeness (QED) is 0.815. The van der Waals surface area contributed by atoms with Gasteiger partial charge in [-0.05, 0) is 6.92 Å². The topological polar surface area (TPSA) is 56.7 Å². The summed E-state index contributed by atoms with van der Waals surface area (Å²) in [4.78, 5) is 0. The molecule has 1 aromatic carbocycles. The zero-order valence-electron chi connectivity index (χ0n) is 8.86. The van der Waals surface area contributed by atoms with E-state index < -0.39 is 17.5 Å². The normalized spacial score (nSPS) is 12.8. The first-order chi connectivity index (χ1) is 7.99. The Morgan fingerprint density at radius 2 is 1.82 bits per heavy atom. The van der Waals surface area contributed by atoms with Gasteiger partial charge in [-0.3, -0.25) is 0 Å². The second kappa shape index (κ2) is 4.17. The smallest absolute Gasteiger partial charge is 0.161 e. The molecule has 0 aliphatic heterocycles. The molecule has 1 aromatic heterocycles. The van der Waals surface area contributed by atoms with Gasteiger partial charge in [-0.25, -0.2) is 17.9 Å². The molecule has 17 heavy (non-hydrogen) atoms. The molecule has 0 fully saturated rings. The molecule has 2 aromatic rings. The minimum atomic E-state index is -1.25. The molecule has 7 heteroatoms. The molecule has 1 heterocycles. The number of rotatable bonds is 2. The average Bonchev–Trinajstić information content (AvgIpc) is 2.72. The van der Waals surface area contributed by atoms with Crippen LogP contribution in [0.2, 0.25) is 0 Å². The molecule has 0 saturated carbocycles. The summed E-state index contributed by atoms with van der Waals surface area (Å²) in [6.45, 7) is 1.68. The molecule has 0 aliphatic carbocycles. The molecular weight excluding hydrogens is 233 g/mol. The lowest BCUT2D eigenvalue weighted by Gasteiger charge is -2.03. The van der Waals surface area contributed by atoms with Crippen molar-refractivity contribution in [2.24, 2.45) is 5.73 Å². The molecule has 90 valence electrons. The number of hydrogen-bond donors (Lipinski definition) is 1. The van der Waals surface area contributed by atoms with Crippen molar-refractivity contribution >= 4 is 0 Å². The second-order valence-electron chi connectivity index (χ2n) is 3.59. The molecular formula is C10H9F3N4. The van der Waals surface area contributed by atoms with Gasteiger partial charge in [-0.2, -0.15) is 0 Å². The van der Waals surface area contributed by atoms with E-state index in [0.717, 1.165) is 4.68 Å². The van der Waals surface area contributed by atoms with E-state index in [1.54, 1.807) is 6.92 Å². The number of aromatic nitrogens is 3. The first-order valence-electron chi connectivity index (χ1n) is 4.82. The van der Waals surface area contributed by atoms with Gasteiger partial charge in [0.1, 0.15) is 5.69 Å². The van der Waals surface area contributed by atoms with Crippen LogP contribution in [0.5, 0.6) is 0 Å². The highest BCUT2D eigenvalue weighted by molar-refractivity contribution is 5.33. The van der Waals surface area contributed by atoms with Crippen LogP contribution in [-0.4, -0.2) is 15.0 Å². The largest absolute Gasteiger partial charge is 0.323 e. The SMILES string of the molecule is CC(N)c1cn(-c2cc(F)c(F)cc2F)nn1. The van der Waals surface area contributed by atoms with Gasteiger partial charge in [0, 0.05) is 18.2 Å². The molecule has 0 spiro atoms. The monoisotopic (exact) mass is 242 g/mol. The van der Waals surface area contributed by atoms with Crippen molar-refractivity contribution < 1.29 is 13.2 Å². The summed E-state index contributed by atoms with van der Waals surface area (Å²) in [6, 6.07) is 0.791. The Hall–Kier alpha value is -1.89. The molecule has 2 rings (SSSR count). The Morgan fingerprint density at radius 1 is 1.18 bits per heavy atom. The van der Waals surface area contributed by atoms with Crippen molar-refractivity contribution in [3.63, 3.8) is 0 Å². The first-order valence-corrected chi connectivity index (χ1v) is 4.82. The Morgan fingerprint density at radius 3 is 2.41 bits per heavy atom. The zero-order valence-corrected chi connectivity index (χ0v) is 8.86. The Balaban J connectivity index is 2.49. The minimum absolute atomic E-state index is 0.219. The van der Waals surface area contributed by atoms with E-state index in [-0.39, 0.29) is 11.7 Å². The van der Waals surface area contributed by atoms with Gasteiger partial charge in [0.05, 0.1) is 11.9 Å². The molecule has 0 aliphatic rings. The van der Waals surface area contributed by atoms with Gasteiger partial charge in [-0.1, -0.05) is 5.21 Å². The van der Waals surface area contributed by atoms with E-state index >= 15 is 0 Å². The molecule has 0 bridgehead atoms. The highest BCUT2D eigenvalue weighted by Crippen LogP contribution is 2.17. The molecule has 1 unspecified atom stereocenters. The summed E-state index contributed by atoms with van der Waals surface area (Å²) in [7, 11) is 0. The maximum Gasteiger partial charge on any atom is 0.161 e. The van der Waals surface area contributed by atoms with E-state index in [4.69, 9.17) is 5.73 Å². The minimum Gasteiger partial charge on any atom is -0.323 e. The maximum absolute atomic E-state index is 13.4. The lowest BCUT2D eigenvalue weighted by molar-refractivity contribution is 0.491. The fraction of sp³-hybridized carbons (Fsp3) is 0.200. The van der Waals surface area contributed by atoms with Crippen LogP contribution in [-0.2, 0) is 0 Å². The standard InChI is InChI=1S/C10H9F3N4/c1-5(14)9-4-17(16-15-9)10-3-7(12)6(11)2-8(10)13/h2-5H,14H2,1H3. The van der Waals surface area contributed by atoms with Crippen molar-refractivity contribution in [1.82, 2.24) is 15.0 Å². The summed E-state index contributed by atoms with van der Waals surface area (Å²) in [5, 5.41) is 7.29.